The molecule has 1 fully saturated rings. The first-order chi connectivity index (χ1) is 10.3. The van der Waals surface area contributed by atoms with Gasteiger partial charge in [-0.1, -0.05) is 42.5 Å². The van der Waals surface area contributed by atoms with E-state index in [0.29, 0.717) is 23.6 Å². The van der Waals surface area contributed by atoms with E-state index in [0.717, 1.165) is 6.42 Å². The number of aromatic nitrogens is 2. The van der Waals surface area contributed by atoms with Crippen LogP contribution in [0.5, 0.6) is 0 Å². The van der Waals surface area contributed by atoms with Crippen molar-refractivity contribution in [1.82, 2.24) is 9.55 Å². The number of carbonyl (C=O) groups is 1. The smallest absolute Gasteiger partial charge is 0.202 e. The predicted octanol–water partition coefficient (Wildman–Crippen LogP) is 3.21. The fourth-order valence-electron chi connectivity index (χ4n) is 4.06. The molecule has 0 saturated heterocycles. The fraction of sp³-hybridized carbons (Fsp3) is 0.333. The number of ketones is 1. The Morgan fingerprint density at radius 2 is 1.95 bits per heavy atom. The molecule has 4 atom stereocenters. The van der Waals surface area contributed by atoms with Gasteiger partial charge >= 0.3 is 0 Å². The lowest BCUT2D eigenvalue weighted by Crippen LogP contribution is -2.28. The number of imidazole rings is 1. The van der Waals surface area contributed by atoms with E-state index in [1.807, 2.05) is 23.9 Å². The third-order valence-electron chi connectivity index (χ3n) is 4.99. The van der Waals surface area contributed by atoms with Crippen molar-refractivity contribution in [2.45, 2.75) is 12.3 Å². The second kappa shape index (κ2) is 4.69. The second-order valence-corrected chi connectivity index (χ2v) is 6.14. The van der Waals surface area contributed by atoms with Crippen LogP contribution < -0.4 is 0 Å². The van der Waals surface area contributed by atoms with E-state index in [1.165, 1.54) is 5.56 Å². The van der Waals surface area contributed by atoms with Gasteiger partial charge in [0.1, 0.15) is 0 Å². The Morgan fingerprint density at radius 3 is 2.67 bits per heavy atom. The summed E-state index contributed by atoms with van der Waals surface area (Å²) in [5.74, 6) is 1.96. The molecular formula is C18H18N2O. The molecule has 0 aliphatic heterocycles. The number of fused-ring (bicyclic) bond motifs is 2. The molecule has 1 aromatic carbocycles. The standard InChI is InChI=1S/C18H18N2O/c1-20-10-9-19-18(20)17(21)16-14-8-7-13(11-14)15(16)12-5-3-2-4-6-12/h2-10,13-16H,11H2,1H3/t13-,14+,15+,16+/m0/s1. The van der Waals surface area contributed by atoms with Gasteiger partial charge in [0.15, 0.2) is 5.82 Å². The molecule has 4 rings (SSSR count). The summed E-state index contributed by atoms with van der Waals surface area (Å²) < 4.78 is 1.83. The zero-order valence-electron chi connectivity index (χ0n) is 12.0. The minimum atomic E-state index is 0.0310. The van der Waals surface area contributed by atoms with Crippen molar-refractivity contribution >= 4 is 5.78 Å². The van der Waals surface area contributed by atoms with Gasteiger partial charge in [-0.05, 0) is 23.8 Å². The third-order valence-corrected chi connectivity index (χ3v) is 4.99. The number of aryl methyl sites for hydroxylation is 1. The summed E-state index contributed by atoms with van der Waals surface area (Å²) in [7, 11) is 1.89. The van der Waals surface area contributed by atoms with Crippen molar-refractivity contribution in [2.24, 2.45) is 24.8 Å². The Labute approximate surface area is 124 Å². The van der Waals surface area contributed by atoms with Gasteiger partial charge < -0.3 is 4.57 Å². The molecule has 0 unspecified atom stereocenters. The highest BCUT2D eigenvalue weighted by atomic mass is 16.1. The van der Waals surface area contributed by atoms with Crippen LogP contribution in [-0.2, 0) is 7.05 Å². The average molecular weight is 278 g/mol. The number of rotatable bonds is 3. The van der Waals surface area contributed by atoms with Crippen molar-refractivity contribution in [3.63, 3.8) is 0 Å². The van der Waals surface area contributed by atoms with Crippen molar-refractivity contribution in [3.8, 4) is 0 Å². The summed E-state index contributed by atoms with van der Waals surface area (Å²) in [4.78, 5) is 17.2. The molecule has 0 radical (unpaired) electrons. The van der Waals surface area contributed by atoms with E-state index < -0.39 is 0 Å². The van der Waals surface area contributed by atoms with Gasteiger partial charge in [-0.2, -0.15) is 0 Å². The number of hydrogen-bond acceptors (Lipinski definition) is 2. The summed E-state index contributed by atoms with van der Waals surface area (Å²) in [5.41, 5.74) is 1.28. The number of Topliss-reactive ketones (excluding diaryl/α,β-unsaturated/α-hetero) is 1. The number of benzene rings is 1. The molecule has 3 heteroatoms. The summed E-state index contributed by atoms with van der Waals surface area (Å²) >= 11 is 0. The molecular weight excluding hydrogens is 260 g/mol. The largest absolute Gasteiger partial charge is 0.332 e. The highest BCUT2D eigenvalue weighted by Crippen LogP contribution is 2.53. The van der Waals surface area contributed by atoms with Crippen LogP contribution in [0.25, 0.3) is 0 Å². The van der Waals surface area contributed by atoms with Gasteiger partial charge in [0, 0.05) is 31.3 Å². The maximum absolute atomic E-state index is 13.0. The Balaban J connectivity index is 1.75. The zero-order valence-corrected chi connectivity index (χ0v) is 12.0. The van der Waals surface area contributed by atoms with E-state index in [4.69, 9.17) is 0 Å². The molecule has 106 valence electrons. The van der Waals surface area contributed by atoms with Gasteiger partial charge in [0.2, 0.25) is 5.78 Å². The van der Waals surface area contributed by atoms with Crippen LogP contribution in [0, 0.1) is 17.8 Å². The molecule has 3 nitrogen and oxygen atoms in total. The maximum atomic E-state index is 13.0. The highest BCUT2D eigenvalue weighted by Gasteiger charge is 2.49. The molecule has 0 amide bonds. The van der Waals surface area contributed by atoms with Crippen LogP contribution in [0.2, 0.25) is 0 Å². The first-order valence-electron chi connectivity index (χ1n) is 7.50. The monoisotopic (exact) mass is 278 g/mol. The minimum absolute atomic E-state index is 0.0310. The van der Waals surface area contributed by atoms with Gasteiger partial charge in [0.25, 0.3) is 0 Å². The second-order valence-electron chi connectivity index (χ2n) is 6.14. The lowest BCUT2D eigenvalue weighted by Gasteiger charge is -2.27. The first kappa shape index (κ1) is 12.6. The predicted molar refractivity (Wildman–Crippen MR) is 80.9 cm³/mol. The Hall–Kier alpha value is -2.16. The van der Waals surface area contributed by atoms with Gasteiger partial charge in [-0.3, -0.25) is 4.79 Å². The van der Waals surface area contributed by atoms with E-state index in [1.54, 1.807) is 6.20 Å². The van der Waals surface area contributed by atoms with Crippen LogP contribution in [0.3, 0.4) is 0 Å². The normalized spacial score (nSPS) is 30.0. The van der Waals surface area contributed by atoms with E-state index >= 15 is 0 Å². The van der Waals surface area contributed by atoms with Crippen molar-refractivity contribution in [3.05, 3.63) is 66.3 Å². The lowest BCUT2D eigenvalue weighted by atomic mass is 9.76. The summed E-state index contributed by atoms with van der Waals surface area (Å²) in [5, 5.41) is 0. The molecule has 0 N–H and O–H groups in total. The number of carbonyl (C=O) groups excluding carboxylic acids is 1. The van der Waals surface area contributed by atoms with Crippen molar-refractivity contribution in [1.29, 1.82) is 0 Å². The van der Waals surface area contributed by atoms with Crippen LogP contribution in [0.15, 0.2) is 54.9 Å². The van der Waals surface area contributed by atoms with Gasteiger partial charge in [-0.15, -0.1) is 0 Å². The first-order valence-corrected chi connectivity index (χ1v) is 7.50. The molecule has 2 aliphatic rings. The molecule has 0 spiro atoms. The van der Waals surface area contributed by atoms with Crippen LogP contribution >= 0.6 is 0 Å². The number of nitrogens with zero attached hydrogens (tertiary/aromatic N) is 2. The topological polar surface area (TPSA) is 34.9 Å². The number of hydrogen-bond donors (Lipinski definition) is 0. The van der Waals surface area contributed by atoms with Crippen molar-refractivity contribution in [2.75, 3.05) is 0 Å². The van der Waals surface area contributed by atoms with Gasteiger partial charge in [-0.25, -0.2) is 4.98 Å². The van der Waals surface area contributed by atoms with Crippen LogP contribution in [-0.4, -0.2) is 15.3 Å². The molecule has 1 aromatic heterocycles. The van der Waals surface area contributed by atoms with Gasteiger partial charge in [0.05, 0.1) is 0 Å². The average Bonchev–Trinajstić information content (AvgIpc) is 3.22. The third kappa shape index (κ3) is 1.88. The Morgan fingerprint density at radius 1 is 1.19 bits per heavy atom. The molecule has 1 heterocycles. The zero-order chi connectivity index (χ0) is 14.4. The SMILES string of the molecule is Cn1ccnc1C(=O)[C@H]1[C@H](c2ccccc2)[C@H]2C=C[C@@H]1C2. The molecule has 1 saturated carbocycles. The molecule has 21 heavy (non-hydrogen) atoms. The summed E-state index contributed by atoms with van der Waals surface area (Å²) in [6.07, 6.45) is 9.17. The van der Waals surface area contributed by atoms with E-state index in [9.17, 15) is 4.79 Å². The van der Waals surface area contributed by atoms with Crippen LogP contribution in [0.1, 0.15) is 28.5 Å². The van der Waals surface area contributed by atoms with Crippen LogP contribution in [0.4, 0.5) is 0 Å². The van der Waals surface area contributed by atoms with Crippen molar-refractivity contribution < 1.29 is 4.79 Å². The number of allylic oxidation sites excluding steroid dienone is 2. The summed E-state index contributed by atoms with van der Waals surface area (Å²) in [6.45, 7) is 0. The lowest BCUT2D eigenvalue weighted by molar-refractivity contribution is 0.0872. The Kier molecular flexibility index (Phi) is 2.81. The quantitative estimate of drug-likeness (QED) is 0.638. The minimum Gasteiger partial charge on any atom is -0.332 e. The Bertz CT molecular complexity index is 701. The molecule has 2 aromatic rings. The fourth-order valence-corrected chi connectivity index (χ4v) is 4.06. The maximum Gasteiger partial charge on any atom is 0.202 e. The molecule has 2 bridgehead atoms. The summed E-state index contributed by atoms with van der Waals surface area (Å²) in [6, 6.07) is 10.5. The van der Waals surface area contributed by atoms with E-state index in [2.05, 4.69) is 41.4 Å². The molecule has 2 aliphatic carbocycles. The van der Waals surface area contributed by atoms with E-state index in [-0.39, 0.29) is 11.7 Å². The highest BCUT2D eigenvalue weighted by molar-refractivity contribution is 5.96.